The maximum absolute atomic E-state index is 13.3. The molecular formula is C23H16ClFN4OS. The Labute approximate surface area is 186 Å². The van der Waals surface area contributed by atoms with Gasteiger partial charge in [0.1, 0.15) is 5.82 Å². The highest BCUT2D eigenvalue weighted by atomic mass is 35.5. The van der Waals surface area contributed by atoms with Crippen LogP contribution in [0.25, 0.3) is 16.7 Å². The summed E-state index contributed by atoms with van der Waals surface area (Å²) in [5, 5.41) is 10.6. The van der Waals surface area contributed by atoms with Crippen LogP contribution < -0.4 is 5.56 Å². The predicted molar refractivity (Wildman–Crippen MR) is 121 cm³/mol. The minimum absolute atomic E-state index is 0.161. The Morgan fingerprint density at radius 3 is 2.55 bits per heavy atom. The van der Waals surface area contributed by atoms with Crippen molar-refractivity contribution in [3.8, 4) is 0 Å². The monoisotopic (exact) mass is 450 g/mol. The van der Waals surface area contributed by atoms with Gasteiger partial charge in [-0.2, -0.15) is 0 Å². The van der Waals surface area contributed by atoms with Crippen molar-refractivity contribution in [3.05, 3.63) is 105 Å². The molecule has 3 aromatic carbocycles. The van der Waals surface area contributed by atoms with Crippen LogP contribution in [0.5, 0.6) is 0 Å². The second-order valence-electron chi connectivity index (χ2n) is 7.07. The van der Waals surface area contributed by atoms with Crippen molar-refractivity contribution in [1.82, 2.24) is 19.2 Å². The first kappa shape index (κ1) is 19.8. The number of hydrogen-bond acceptors (Lipinski definition) is 4. The van der Waals surface area contributed by atoms with Crippen LogP contribution in [0.2, 0.25) is 5.02 Å². The number of halogens is 2. The summed E-state index contributed by atoms with van der Waals surface area (Å²) in [5.74, 6) is 0.788. The van der Waals surface area contributed by atoms with Crippen molar-refractivity contribution in [3.63, 3.8) is 0 Å². The van der Waals surface area contributed by atoms with Crippen LogP contribution in [0.3, 0.4) is 0 Å². The molecule has 5 rings (SSSR count). The Kier molecular flexibility index (Phi) is 5.21. The summed E-state index contributed by atoms with van der Waals surface area (Å²) in [6.07, 6.45) is 0. The number of fused-ring (bicyclic) bond motifs is 3. The van der Waals surface area contributed by atoms with E-state index in [9.17, 15) is 9.18 Å². The van der Waals surface area contributed by atoms with Crippen molar-refractivity contribution < 1.29 is 4.39 Å². The van der Waals surface area contributed by atoms with E-state index in [2.05, 4.69) is 10.2 Å². The van der Waals surface area contributed by atoms with Crippen molar-refractivity contribution in [2.45, 2.75) is 17.5 Å². The first-order valence-corrected chi connectivity index (χ1v) is 10.9. The number of hydrogen-bond donors (Lipinski definition) is 0. The lowest BCUT2D eigenvalue weighted by atomic mass is 10.2. The SMILES string of the molecule is O=c1c2ccccc2n2c(SCc3cccc(Cl)c3)nnc2n1Cc1ccc(F)cc1. The van der Waals surface area contributed by atoms with Crippen molar-refractivity contribution >= 4 is 40.0 Å². The van der Waals surface area contributed by atoms with Gasteiger partial charge in [0.25, 0.3) is 5.56 Å². The van der Waals surface area contributed by atoms with Crippen LogP contribution in [0.4, 0.5) is 4.39 Å². The maximum Gasteiger partial charge on any atom is 0.263 e. The van der Waals surface area contributed by atoms with Gasteiger partial charge in [0.2, 0.25) is 5.78 Å². The van der Waals surface area contributed by atoms with Crippen LogP contribution in [0.15, 0.2) is 82.7 Å². The average molecular weight is 451 g/mol. The molecule has 2 heterocycles. The second-order valence-corrected chi connectivity index (χ2v) is 8.45. The van der Waals surface area contributed by atoms with Crippen LogP contribution in [-0.4, -0.2) is 19.2 Å². The van der Waals surface area contributed by atoms with Gasteiger partial charge < -0.3 is 0 Å². The molecule has 0 aliphatic heterocycles. The highest BCUT2D eigenvalue weighted by Gasteiger charge is 2.17. The number of rotatable bonds is 5. The van der Waals surface area contributed by atoms with Crippen LogP contribution in [0.1, 0.15) is 11.1 Å². The number of aromatic nitrogens is 4. The van der Waals surface area contributed by atoms with E-state index in [1.807, 2.05) is 46.9 Å². The molecule has 31 heavy (non-hydrogen) atoms. The fourth-order valence-electron chi connectivity index (χ4n) is 3.52. The summed E-state index contributed by atoms with van der Waals surface area (Å²) in [7, 11) is 0. The van der Waals surface area contributed by atoms with Gasteiger partial charge in [-0.25, -0.2) is 4.39 Å². The molecular weight excluding hydrogens is 435 g/mol. The Balaban J connectivity index is 1.63. The van der Waals surface area contributed by atoms with E-state index >= 15 is 0 Å². The number of para-hydroxylation sites is 1. The summed E-state index contributed by atoms with van der Waals surface area (Å²) in [4.78, 5) is 13.2. The van der Waals surface area contributed by atoms with Gasteiger partial charge in [-0.15, -0.1) is 10.2 Å². The van der Waals surface area contributed by atoms with Gasteiger partial charge >= 0.3 is 0 Å². The van der Waals surface area contributed by atoms with E-state index in [4.69, 9.17) is 11.6 Å². The fraction of sp³-hybridized carbons (Fsp3) is 0.0870. The lowest BCUT2D eigenvalue weighted by Gasteiger charge is -2.11. The summed E-state index contributed by atoms with van der Waals surface area (Å²) in [5.41, 5.74) is 2.46. The minimum Gasteiger partial charge on any atom is -0.272 e. The molecule has 5 nitrogen and oxygen atoms in total. The standard InChI is InChI=1S/C23H16ClFN4OS/c24-17-5-3-4-16(12-17)14-31-23-27-26-22-28(13-15-8-10-18(25)11-9-15)21(30)19-6-1-2-7-20(19)29(22)23/h1-12H,13-14H2. The molecule has 8 heteroatoms. The number of thioether (sulfide) groups is 1. The molecule has 0 spiro atoms. The molecule has 2 aromatic heterocycles. The van der Waals surface area contributed by atoms with Gasteiger partial charge in [0.05, 0.1) is 17.4 Å². The smallest absolute Gasteiger partial charge is 0.263 e. The largest absolute Gasteiger partial charge is 0.272 e. The van der Waals surface area contributed by atoms with E-state index < -0.39 is 0 Å². The van der Waals surface area contributed by atoms with Gasteiger partial charge in [-0.05, 0) is 47.5 Å². The Morgan fingerprint density at radius 1 is 0.935 bits per heavy atom. The molecule has 0 saturated carbocycles. The third-order valence-corrected chi connectivity index (χ3v) is 6.22. The summed E-state index contributed by atoms with van der Waals surface area (Å²) in [6.45, 7) is 0.268. The summed E-state index contributed by atoms with van der Waals surface area (Å²) < 4.78 is 16.8. The Hall–Kier alpha value is -3.16. The van der Waals surface area contributed by atoms with Gasteiger partial charge in [0.15, 0.2) is 5.16 Å². The van der Waals surface area contributed by atoms with Crippen LogP contribution in [-0.2, 0) is 12.3 Å². The molecule has 0 aliphatic carbocycles. The zero-order chi connectivity index (χ0) is 21.4. The zero-order valence-electron chi connectivity index (χ0n) is 16.2. The van der Waals surface area contributed by atoms with Gasteiger partial charge in [-0.3, -0.25) is 13.8 Å². The molecule has 0 amide bonds. The second kappa shape index (κ2) is 8.17. The zero-order valence-corrected chi connectivity index (χ0v) is 17.8. The first-order chi connectivity index (χ1) is 15.1. The fourth-order valence-corrected chi connectivity index (χ4v) is 4.61. The maximum atomic E-state index is 13.3. The van der Waals surface area contributed by atoms with Crippen LogP contribution in [0, 0.1) is 5.82 Å². The third-order valence-electron chi connectivity index (χ3n) is 4.99. The molecule has 0 saturated heterocycles. The average Bonchev–Trinajstić information content (AvgIpc) is 3.21. The molecule has 0 aliphatic rings. The molecule has 154 valence electrons. The Bertz CT molecular complexity index is 1460. The quantitative estimate of drug-likeness (QED) is 0.346. The van der Waals surface area contributed by atoms with E-state index in [1.54, 1.807) is 22.8 Å². The van der Waals surface area contributed by atoms with Crippen molar-refractivity contribution in [2.75, 3.05) is 0 Å². The number of nitrogens with zero attached hydrogens (tertiary/aromatic N) is 4. The highest BCUT2D eigenvalue weighted by Crippen LogP contribution is 2.26. The summed E-state index contributed by atoms with van der Waals surface area (Å²) >= 11 is 7.62. The van der Waals surface area contributed by atoms with E-state index in [1.165, 1.54) is 23.9 Å². The normalized spacial score (nSPS) is 11.4. The van der Waals surface area contributed by atoms with Crippen molar-refractivity contribution in [2.24, 2.45) is 0 Å². The molecule has 0 bridgehead atoms. The van der Waals surface area contributed by atoms with E-state index in [0.717, 1.165) is 16.6 Å². The predicted octanol–water partition coefficient (Wildman–Crippen LogP) is 5.18. The van der Waals surface area contributed by atoms with Gasteiger partial charge in [0, 0.05) is 10.8 Å². The summed E-state index contributed by atoms with van der Waals surface area (Å²) in [6, 6.07) is 21.2. The van der Waals surface area contributed by atoms with Crippen molar-refractivity contribution in [1.29, 1.82) is 0 Å². The molecule has 0 atom stereocenters. The lowest BCUT2D eigenvalue weighted by molar-refractivity contribution is 0.626. The molecule has 0 fully saturated rings. The molecule has 0 radical (unpaired) electrons. The van der Waals surface area contributed by atoms with Crippen LogP contribution >= 0.6 is 23.4 Å². The minimum atomic E-state index is -0.318. The van der Waals surface area contributed by atoms with Gasteiger partial charge in [-0.1, -0.05) is 59.8 Å². The topological polar surface area (TPSA) is 52.2 Å². The molecule has 0 N–H and O–H groups in total. The highest BCUT2D eigenvalue weighted by molar-refractivity contribution is 7.98. The Morgan fingerprint density at radius 2 is 1.74 bits per heavy atom. The molecule has 0 unspecified atom stereocenters. The molecule has 5 aromatic rings. The number of benzene rings is 3. The van der Waals surface area contributed by atoms with E-state index in [0.29, 0.717) is 27.1 Å². The first-order valence-electron chi connectivity index (χ1n) is 9.58. The van der Waals surface area contributed by atoms with E-state index in [-0.39, 0.29) is 17.9 Å². The third kappa shape index (κ3) is 3.82. The lowest BCUT2D eigenvalue weighted by Crippen LogP contribution is -2.24.